The number of rotatable bonds is 20. The molecule has 1 N–H and O–H groups in total. The van der Waals surface area contributed by atoms with E-state index in [1.54, 1.807) is 0 Å². The van der Waals surface area contributed by atoms with E-state index in [1.807, 2.05) is 18.2 Å². The van der Waals surface area contributed by atoms with E-state index in [0.29, 0.717) is 13.0 Å². The first-order valence-corrected chi connectivity index (χ1v) is 12.6. The predicted molar refractivity (Wildman–Crippen MR) is 129 cm³/mol. The first-order chi connectivity index (χ1) is 15.5. The Labute approximate surface area is 194 Å². The SMILES string of the molecule is CCCCCCC(CCCCCC(CCCCC(=O)O)OCc1ccccc1)OC(C)=O. The molecule has 2 unspecified atom stereocenters. The van der Waals surface area contributed by atoms with Crippen molar-refractivity contribution in [1.82, 2.24) is 0 Å². The molecule has 5 nitrogen and oxygen atoms in total. The molecular weight excluding hydrogens is 404 g/mol. The number of aliphatic carboxylic acids is 1. The van der Waals surface area contributed by atoms with E-state index in [4.69, 9.17) is 14.6 Å². The van der Waals surface area contributed by atoms with Crippen LogP contribution >= 0.6 is 0 Å². The van der Waals surface area contributed by atoms with Gasteiger partial charge in [-0.1, -0.05) is 75.8 Å². The molecule has 0 aliphatic rings. The largest absolute Gasteiger partial charge is 0.481 e. The Balaban J connectivity index is 2.35. The van der Waals surface area contributed by atoms with Gasteiger partial charge in [0.25, 0.3) is 0 Å². The minimum atomic E-state index is -0.733. The van der Waals surface area contributed by atoms with Gasteiger partial charge in [0.2, 0.25) is 0 Å². The molecule has 0 saturated heterocycles. The monoisotopic (exact) mass is 448 g/mol. The number of benzene rings is 1. The average Bonchev–Trinajstić information content (AvgIpc) is 2.77. The van der Waals surface area contributed by atoms with E-state index < -0.39 is 5.97 Å². The molecule has 0 saturated carbocycles. The maximum Gasteiger partial charge on any atom is 0.303 e. The van der Waals surface area contributed by atoms with Crippen LogP contribution in [-0.4, -0.2) is 29.3 Å². The second-order valence-electron chi connectivity index (χ2n) is 8.78. The molecule has 2 atom stereocenters. The zero-order chi connectivity index (χ0) is 23.4. The molecule has 1 aromatic rings. The number of carboxylic acid groups (broad SMARTS) is 1. The van der Waals surface area contributed by atoms with Crippen LogP contribution in [0.1, 0.15) is 109 Å². The Kier molecular flexibility index (Phi) is 16.4. The molecule has 0 bridgehead atoms. The molecule has 0 spiro atoms. The van der Waals surface area contributed by atoms with Crippen molar-refractivity contribution >= 4 is 11.9 Å². The summed E-state index contributed by atoms with van der Waals surface area (Å²) in [5, 5.41) is 8.85. The highest BCUT2D eigenvalue weighted by Crippen LogP contribution is 2.19. The maximum atomic E-state index is 11.4. The van der Waals surface area contributed by atoms with Crippen molar-refractivity contribution in [2.75, 3.05) is 0 Å². The van der Waals surface area contributed by atoms with Gasteiger partial charge in [-0.25, -0.2) is 0 Å². The fourth-order valence-electron chi connectivity index (χ4n) is 3.96. The maximum absolute atomic E-state index is 11.4. The lowest BCUT2D eigenvalue weighted by atomic mass is 10.0. The second kappa shape index (κ2) is 18.7. The summed E-state index contributed by atoms with van der Waals surface area (Å²) in [5.74, 6) is -0.912. The van der Waals surface area contributed by atoms with Crippen LogP contribution in [0.4, 0.5) is 0 Å². The quantitative estimate of drug-likeness (QED) is 0.171. The molecule has 32 heavy (non-hydrogen) atoms. The van der Waals surface area contributed by atoms with Crippen LogP contribution in [0.15, 0.2) is 30.3 Å². The van der Waals surface area contributed by atoms with Crippen LogP contribution in [0.3, 0.4) is 0 Å². The summed E-state index contributed by atoms with van der Waals surface area (Å²) in [6, 6.07) is 10.2. The van der Waals surface area contributed by atoms with Gasteiger partial charge >= 0.3 is 11.9 Å². The van der Waals surface area contributed by atoms with Gasteiger partial charge in [0.05, 0.1) is 12.7 Å². The molecule has 0 heterocycles. The molecule has 0 fully saturated rings. The normalized spacial score (nSPS) is 12.9. The van der Waals surface area contributed by atoms with E-state index >= 15 is 0 Å². The first-order valence-electron chi connectivity index (χ1n) is 12.6. The van der Waals surface area contributed by atoms with E-state index in [0.717, 1.165) is 63.4 Å². The molecule has 5 heteroatoms. The van der Waals surface area contributed by atoms with Crippen molar-refractivity contribution in [1.29, 1.82) is 0 Å². The zero-order valence-electron chi connectivity index (χ0n) is 20.2. The fourth-order valence-corrected chi connectivity index (χ4v) is 3.96. The molecule has 0 radical (unpaired) electrons. The number of esters is 1. The smallest absolute Gasteiger partial charge is 0.303 e. The second-order valence-corrected chi connectivity index (χ2v) is 8.78. The van der Waals surface area contributed by atoms with Crippen LogP contribution in [-0.2, 0) is 25.7 Å². The summed E-state index contributed by atoms with van der Waals surface area (Å²) in [4.78, 5) is 22.2. The van der Waals surface area contributed by atoms with Gasteiger partial charge in [-0.2, -0.15) is 0 Å². The third-order valence-corrected chi connectivity index (χ3v) is 5.76. The van der Waals surface area contributed by atoms with Gasteiger partial charge in [-0.3, -0.25) is 9.59 Å². The van der Waals surface area contributed by atoms with Crippen molar-refractivity contribution in [2.24, 2.45) is 0 Å². The highest BCUT2D eigenvalue weighted by atomic mass is 16.5. The van der Waals surface area contributed by atoms with Crippen molar-refractivity contribution < 1.29 is 24.2 Å². The highest BCUT2D eigenvalue weighted by molar-refractivity contribution is 5.66. The topological polar surface area (TPSA) is 72.8 Å². The summed E-state index contributed by atoms with van der Waals surface area (Å²) < 4.78 is 11.7. The van der Waals surface area contributed by atoms with Crippen LogP contribution in [0, 0.1) is 0 Å². The van der Waals surface area contributed by atoms with Crippen LogP contribution in [0.5, 0.6) is 0 Å². The summed E-state index contributed by atoms with van der Waals surface area (Å²) in [7, 11) is 0. The lowest BCUT2D eigenvalue weighted by molar-refractivity contribution is -0.147. The summed E-state index contributed by atoms with van der Waals surface area (Å²) >= 11 is 0. The lowest BCUT2D eigenvalue weighted by Gasteiger charge is -2.19. The van der Waals surface area contributed by atoms with Crippen molar-refractivity contribution in [2.45, 2.75) is 123 Å². The number of carbonyl (C=O) groups is 2. The van der Waals surface area contributed by atoms with Crippen molar-refractivity contribution in [3.63, 3.8) is 0 Å². The summed E-state index contributed by atoms with van der Waals surface area (Å²) in [6.07, 6.45) is 13.8. The molecular formula is C27H44O5. The molecule has 0 aliphatic carbocycles. The minimum Gasteiger partial charge on any atom is -0.481 e. The summed E-state index contributed by atoms with van der Waals surface area (Å²) in [6.45, 7) is 4.29. The Morgan fingerprint density at radius 3 is 1.94 bits per heavy atom. The van der Waals surface area contributed by atoms with E-state index in [2.05, 4.69) is 19.1 Å². The number of carboxylic acids is 1. The van der Waals surface area contributed by atoms with E-state index in [9.17, 15) is 9.59 Å². The van der Waals surface area contributed by atoms with E-state index in [-0.39, 0.29) is 24.6 Å². The van der Waals surface area contributed by atoms with Gasteiger partial charge in [0, 0.05) is 13.3 Å². The van der Waals surface area contributed by atoms with Crippen LogP contribution in [0.2, 0.25) is 0 Å². The number of unbranched alkanes of at least 4 members (excludes halogenated alkanes) is 6. The number of hydrogen-bond acceptors (Lipinski definition) is 4. The first kappa shape index (κ1) is 28.2. The van der Waals surface area contributed by atoms with Crippen molar-refractivity contribution in [3.05, 3.63) is 35.9 Å². The predicted octanol–water partition coefficient (Wildman–Crippen LogP) is 7.07. The molecule has 0 aromatic heterocycles. The van der Waals surface area contributed by atoms with Gasteiger partial charge < -0.3 is 14.6 Å². The Bertz CT molecular complexity index is 601. The lowest BCUT2D eigenvalue weighted by Crippen LogP contribution is -2.16. The Hall–Kier alpha value is -1.88. The molecule has 0 amide bonds. The van der Waals surface area contributed by atoms with Gasteiger partial charge in [-0.15, -0.1) is 0 Å². The number of carbonyl (C=O) groups excluding carboxylic acids is 1. The third kappa shape index (κ3) is 15.9. The molecule has 1 aromatic carbocycles. The number of hydrogen-bond donors (Lipinski definition) is 1. The highest BCUT2D eigenvalue weighted by Gasteiger charge is 2.13. The zero-order valence-corrected chi connectivity index (χ0v) is 20.2. The average molecular weight is 449 g/mol. The Morgan fingerprint density at radius 1 is 0.812 bits per heavy atom. The fraction of sp³-hybridized carbons (Fsp3) is 0.704. The molecule has 1 rings (SSSR count). The van der Waals surface area contributed by atoms with Crippen LogP contribution in [0.25, 0.3) is 0 Å². The minimum absolute atomic E-state index is 0.0468. The molecule has 182 valence electrons. The van der Waals surface area contributed by atoms with Crippen molar-refractivity contribution in [3.8, 4) is 0 Å². The standard InChI is InChI=1S/C27H44O5/c1-3-4-5-10-19-26(32-23(2)28)20-12-7-11-17-25(18-13-14-21-27(29)30)31-22-24-15-8-6-9-16-24/h6,8-9,15-16,25-26H,3-5,7,10-14,17-22H2,1-2H3,(H,29,30). The molecule has 0 aliphatic heterocycles. The van der Waals surface area contributed by atoms with Crippen LogP contribution < -0.4 is 0 Å². The third-order valence-electron chi connectivity index (χ3n) is 5.76. The van der Waals surface area contributed by atoms with Gasteiger partial charge in [-0.05, 0) is 50.5 Å². The summed E-state index contributed by atoms with van der Waals surface area (Å²) in [5.41, 5.74) is 1.16. The van der Waals surface area contributed by atoms with Gasteiger partial charge in [0.1, 0.15) is 6.10 Å². The van der Waals surface area contributed by atoms with Gasteiger partial charge in [0.15, 0.2) is 0 Å². The Morgan fingerprint density at radius 2 is 1.38 bits per heavy atom. The number of ether oxygens (including phenoxy) is 2. The van der Waals surface area contributed by atoms with E-state index in [1.165, 1.54) is 26.2 Å².